The van der Waals surface area contributed by atoms with Crippen LogP contribution in [0.1, 0.15) is 37.0 Å². The maximum Gasteiger partial charge on any atom is 0.223 e. The zero-order chi connectivity index (χ0) is 23.0. The third-order valence-corrected chi connectivity index (χ3v) is 7.84. The number of para-hydroxylation sites is 1. The van der Waals surface area contributed by atoms with E-state index in [9.17, 15) is 4.79 Å². The van der Waals surface area contributed by atoms with Crippen molar-refractivity contribution in [3.63, 3.8) is 0 Å². The van der Waals surface area contributed by atoms with Gasteiger partial charge < -0.3 is 14.8 Å². The molecule has 0 unspecified atom stereocenters. The van der Waals surface area contributed by atoms with Crippen LogP contribution in [0.2, 0.25) is 0 Å². The number of rotatable bonds is 2. The predicted molar refractivity (Wildman–Crippen MR) is 137 cm³/mol. The van der Waals surface area contributed by atoms with Gasteiger partial charge in [-0.05, 0) is 48.4 Å². The maximum atomic E-state index is 12.7. The van der Waals surface area contributed by atoms with Crippen molar-refractivity contribution in [1.82, 2.24) is 9.88 Å². The number of hydrogen-bond acceptors (Lipinski definition) is 2. The second kappa shape index (κ2) is 6.74. The van der Waals surface area contributed by atoms with Crippen molar-refractivity contribution in [2.24, 2.45) is 7.05 Å². The van der Waals surface area contributed by atoms with E-state index < -0.39 is 5.66 Å². The molecule has 2 aliphatic rings. The molecule has 0 spiro atoms. The van der Waals surface area contributed by atoms with Crippen molar-refractivity contribution in [3.8, 4) is 0 Å². The topological polar surface area (TPSA) is 37.3 Å². The molecular formula is C29H29N3O. The maximum absolute atomic E-state index is 12.7. The molecule has 4 aromatic rings. The van der Waals surface area contributed by atoms with Crippen LogP contribution in [0.25, 0.3) is 27.9 Å². The summed E-state index contributed by atoms with van der Waals surface area (Å²) in [5.41, 5.74) is 6.49. The zero-order valence-electron chi connectivity index (χ0n) is 19.6. The number of carbonyl (C=O) groups is 1. The Morgan fingerprint density at radius 3 is 2.61 bits per heavy atom. The highest BCUT2D eigenvalue weighted by Gasteiger charge is 2.57. The van der Waals surface area contributed by atoms with E-state index in [1.807, 2.05) is 0 Å². The number of carbonyl (C=O) groups excluding carboxylic acids is 1. The fourth-order valence-corrected chi connectivity index (χ4v) is 5.97. The van der Waals surface area contributed by atoms with E-state index >= 15 is 0 Å². The number of amides is 1. The minimum atomic E-state index is -0.591. The molecule has 3 heterocycles. The Balaban J connectivity index is 1.49. The van der Waals surface area contributed by atoms with Gasteiger partial charge >= 0.3 is 0 Å². The number of fused-ring (bicyclic) bond motifs is 6. The Bertz CT molecular complexity index is 1480. The first-order valence-corrected chi connectivity index (χ1v) is 11.7. The van der Waals surface area contributed by atoms with Crippen LogP contribution in [-0.4, -0.2) is 22.7 Å². The van der Waals surface area contributed by atoms with Gasteiger partial charge in [0.05, 0.1) is 0 Å². The molecule has 4 nitrogen and oxygen atoms in total. The Labute approximate surface area is 194 Å². The summed E-state index contributed by atoms with van der Waals surface area (Å²) in [6.07, 6.45) is 4.91. The van der Waals surface area contributed by atoms with Crippen molar-refractivity contribution in [3.05, 3.63) is 83.4 Å². The van der Waals surface area contributed by atoms with E-state index in [-0.39, 0.29) is 11.3 Å². The smallest absolute Gasteiger partial charge is 0.223 e. The fourth-order valence-electron chi connectivity index (χ4n) is 5.97. The minimum absolute atomic E-state index is 0.109. The van der Waals surface area contributed by atoms with Crippen molar-refractivity contribution in [2.45, 2.75) is 38.3 Å². The SMILES string of the molecule is Cc1ccc2c(c1)C(C)(C)[C@]1(/C=C/c3ccc4c(c3)c3ccccc3n4C)NC(=O)CCN21. The summed E-state index contributed by atoms with van der Waals surface area (Å²) in [6.45, 7) is 7.34. The quantitative estimate of drug-likeness (QED) is 0.441. The van der Waals surface area contributed by atoms with Crippen LogP contribution >= 0.6 is 0 Å². The average Bonchev–Trinajstić information content (AvgIpc) is 3.19. The van der Waals surface area contributed by atoms with Crippen LogP contribution in [0, 0.1) is 6.92 Å². The van der Waals surface area contributed by atoms with E-state index in [0.717, 1.165) is 12.1 Å². The van der Waals surface area contributed by atoms with Crippen LogP contribution in [0.3, 0.4) is 0 Å². The molecule has 1 amide bonds. The van der Waals surface area contributed by atoms with Gasteiger partial charge in [-0.2, -0.15) is 0 Å². The van der Waals surface area contributed by atoms with Crippen molar-refractivity contribution >= 4 is 39.5 Å². The lowest BCUT2D eigenvalue weighted by Gasteiger charge is -2.49. The van der Waals surface area contributed by atoms with Crippen LogP contribution in [0.4, 0.5) is 5.69 Å². The number of hydrogen-bond donors (Lipinski definition) is 1. The molecule has 2 aliphatic heterocycles. The molecule has 4 heteroatoms. The van der Waals surface area contributed by atoms with E-state index in [0.29, 0.717) is 6.42 Å². The second-order valence-corrected chi connectivity index (χ2v) is 10.0. The van der Waals surface area contributed by atoms with E-state index in [1.54, 1.807) is 0 Å². The normalized spacial score (nSPS) is 21.6. The van der Waals surface area contributed by atoms with Gasteiger partial charge in [-0.15, -0.1) is 0 Å². The molecule has 166 valence electrons. The number of nitrogens with zero attached hydrogens (tertiary/aromatic N) is 2. The summed E-state index contributed by atoms with van der Waals surface area (Å²) in [4.78, 5) is 15.1. The number of aromatic nitrogens is 1. The standard InChI is InChI=1S/C29H29N3O/c1-19-9-11-26-23(17-19)28(2,3)29(30-27(33)14-16-32(26)29)15-13-20-10-12-25-22(18-20)21-7-5-6-8-24(21)31(25)4/h5-13,15,17-18H,14,16H2,1-4H3,(H,30,33)/b15-13+/t29-/m1/s1. The number of aryl methyl sites for hydroxylation is 2. The Morgan fingerprint density at radius 1 is 0.970 bits per heavy atom. The van der Waals surface area contributed by atoms with E-state index in [4.69, 9.17) is 0 Å². The highest BCUT2D eigenvalue weighted by atomic mass is 16.2. The molecule has 1 saturated heterocycles. The molecule has 1 atom stereocenters. The summed E-state index contributed by atoms with van der Waals surface area (Å²) in [5, 5.41) is 5.90. The van der Waals surface area contributed by atoms with Crippen molar-refractivity contribution < 1.29 is 4.79 Å². The Morgan fingerprint density at radius 2 is 1.76 bits per heavy atom. The predicted octanol–water partition coefficient (Wildman–Crippen LogP) is 5.67. The van der Waals surface area contributed by atoms with Crippen LogP contribution in [0.5, 0.6) is 0 Å². The van der Waals surface area contributed by atoms with Gasteiger partial charge in [0.1, 0.15) is 5.66 Å². The first kappa shape index (κ1) is 20.1. The Hall–Kier alpha value is -3.53. The van der Waals surface area contributed by atoms with E-state index in [2.05, 4.69) is 115 Å². The second-order valence-electron chi connectivity index (χ2n) is 10.0. The highest BCUT2D eigenvalue weighted by molar-refractivity contribution is 6.08. The summed E-state index contributed by atoms with van der Waals surface area (Å²) in [7, 11) is 2.12. The summed E-state index contributed by atoms with van der Waals surface area (Å²) in [6, 6.07) is 21.8. The third kappa shape index (κ3) is 2.67. The number of anilines is 1. The van der Waals surface area contributed by atoms with Gasteiger partial charge in [0.2, 0.25) is 5.91 Å². The van der Waals surface area contributed by atoms with Gasteiger partial charge in [0.15, 0.2) is 0 Å². The van der Waals surface area contributed by atoms with E-state index in [1.165, 1.54) is 38.6 Å². The lowest BCUT2D eigenvalue weighted by atomic mass is 9.74. The van der Waals surface area contributed by atoms with Crippen molar-refractivity contribution in [2.75, 3.05) is 11.4 Å². The van der Waals surface area contributed by atoms with Gasteiger partial charge in [-0.3, -0.25) is 4.79 Å². The molecule has 0 bridgehead atoms. The fraction of sp³-hybridized carbons (Fsp3) is 0.276. The van der Waals surface area contributed by atoms with Crippen LogP contribution in [-0.2, 0) is 17.3 Å². The first-order valence-electron chi connectivity index (χ1n) is 11.7. The van der Waals surface area contributed by atoms with Crippen LogP contribution < -0.4 is 10.2 Å². The van der Waals surface area contributed by atoms with Crippen LogP contribution in [0.15, 0.2) is 66.7 Å². The van der Waals surface area contributed by atoms with Gasteiger partial charge in [0.25, 0.3) is 0 Å². The monoisotopic (exact) mass is 435 g/mol. The average molecular weight is 436 g/mol. The zero-order valence-corrected chi connectivity index (χ0v) is 19.6. The lowest BCUT2D eigenvalue weighted by molar-refractivity contribution is -0.124. The van der Waals surface area contributed by atoms with Gasteiger partial charge in [-0.25, -0.2) is 0 Å². The first-order chi connectivity index (χ1) is 15.8. The lowest BCUT2D eigenvalue weighted by Crippen LogP contribution is -2.68. The summed E-state index contributed by atoms with van der Waals surface area (Å²) in [5.74, 6) is 0.109. The molecule has 33 heavy (non-hydrogen) atoms. The minimum Gasteiger partial charge on any atom is -0.344 e. The highest BCUT2D eigenvalue weighted by Crippen LogP contribution is 2.52. The van der Waals surface area contributed by atoms with Gasteiger partial charge in [0, 0.05) is 52.9 Å². The number of benzene rings is 3. The molecule has 0 radical (unpaired) electrons. The summed E-state index contributed by atoms with van der Waals surface area (Å²) < 4.78 is 2.25. The summed E-state index contributed by atoms with van der Waals surface area (Å²) >= 11 is 0. The molecule has 6 rings (SSSR count). The molecule has 3 aromatic carbocycles. The molecule has 1 N–H and O–H groups in total. The Kier molecular flexibility index (Phi) is 4.10. The molecule has 1 aromatic heterocycles. The molecule has 0 saturated carbocycles. The van der Waals surface area contributed by atoms with Crippen molar-refractivity contribution in [1.29, 1.82) is 0 Å². The largest absolute Gasteiger partial charge is 0.344 e. The van der Waals surface area contributed by atoms with Gasteiger partial charge in [-0.1, -0.05) is 61.9 Å². The third-order valence-electron chi connectivity index (χ3n) is 7.84. The number of nitrogens with one attached hydrogen (secondary N) is 1. The molecule has 1 fully saturated rings. The molecule has 0 aliphatic carbocycles. The molecular weight excluding hydrogens is 406 g/mol.